The van der Waals surface area contributed by atoms with Crippen LogP contribution in [0, 0.1) is 0 Å². The Morgan fingerprint density at radius 1 is 1.31 bits per heavy atom. The lowest BCUT2D eigenvalue weighted by atomic mass is 10.1. The van der Waals surface area contributed by atoms with Crippen molar-refractivity contribution in [3.05, 3.63) is 34.0 Å². The van der Waals surface area contributed by atoms with E-state index in [2.05, 4.69) is 0 Å². The fraction of sp³-hybridized carbons (Fsp3) is 0.579. The van der Waals surface area contributed by atoms with Crippen LogP contribution in [0.4, 0.5) is 8.78 Å². The molecule has 26 heavy (non-hydrogen) atoms. The summed E-state index contributed by atoms with van der Waals surface area (Å²) in [7, 11) is 0. The van der Waals surface area contributed by atoms with E-state index in [9.17, 15) is 18.4 Å². The van der Waals surface area contributed by atoms with Crippen molar-refractivity contribution in [2.24, 2.45) is 0 Å². The smallest absolute Gasteiger partial charge is 0.265 e. The van der Waals surface area contributed by atoms with Gasteiger partial charge in [0.2, 0.25) is 5.91 Å². The van der Waals surface area contributed by atoms with Crippen LogP contribution < -0.4 is 0 Å². The number of allylic oxidation sites excluding steroid dienone is 1. The van der Waals surface area contributed by atoms with Crippen LogP contribution in [-0.4, -0.2) is 47.2 Å². The molecule has 1 unspecified atom stereocenters. The minimum absolute atomic E-state index is 0.0119. The molecular formula is C19H24F2N2O2S. The number of alkyl halides is 2. The maximum absolute atomic E-state index is 13.6. The van der Waals surface area contributed by atoms with Crippen molar-refractivity contribution in [3.8, 4) is 0 Å². The van der Waals surface area contributed by atoms with Crippen molar-refractivity contribution in [2.45, 2.75) is 51.0 Å². The number of carbonyl (C=O) groups excluding carboxylic acids is 2. The van der Waals surface area contributed by atoms with Gasteiger partial charge in [0.25, 0.3) is 11.8 Å². The van der Waals surface area contributed by atoms with E-state index in [1.165, 1.54) is 16.2 Å². The summed E-state index contributed by atoms with van der Waals surface area (Å²) < 4.78 is 27.2. The third-order valence-corrected chi connectivity index (χ3v) is 6.12. The van der Waals surface area contributed by atoms with Crippen molar-refractivity contribution < 1.29 is 18.4 Å². The number of nitrogens with zero attached hydrogens (tertiary/aromatic N) is 2. The first kappa shape index (κ1) is 19.0. The Morgan fingerprint density at radius 2 is 2.12 bits per heavy atom. The van der Waals surface area contributed by atoms with Crippen molar-refractivity contribution in [1.82, 2.24) is 9.80 Å². The molecule has 2 fully saturated rings. The highest BCUT2D eigenvalue weighted by atomic mass is 32.1. The molecular weight excluding hydrogens is 358 g/mol. The summed E-state index contributed by atoms with van der Waals surface area (Å²) in [4.78, 5) is 29.5. The van der Waals surface area contributed by atoms with E-state index in [0.29, 0.717) is 24.3 Å². The Kier molecular flexibility index (Phi) is 5.75. The van der Waals surface area contributed by atoms with Gasteiger partial charge in [-0.2, -0.15) is 0 Å². The van der Waals surface area contributed by atoms with Gasteiger partial charge < -0.3 is 9.80 Å². The minimum Gasteiger partial charge on any atom is -0.335 e. The molecule has 1 aromatic heterocycles. The molecule has 7 heteroatoms. The standard InChI is InChI=1S/C19H24F2N2O2S/c1-2-3-7-17(24)23-12-4-6-14(23)15-8-9-16(26-15)18(25)22-11-5-10-19(20,21)13-22/h2-3,8-9,14H,4-7,10-13H2,1H3/b3-2+. The molecule has 142 valence electrons. The molecule has 2 aliphatic rings. The zero-order chi connectivity index (χ0) is 18.7. The van der Waals surface area contributed by atoms with Crippen LogP contribution in [0.5, 0.6) is 0 Å². The van der Waals surface area contributed by atoms with E-state index in [4.69, 9.17) is 0 Å². The number of hydrogen-bond acceptors (Lipinski definition) is 3. The number of hydrogen-bond donors (Lipinski definition) is 0. The highest BCUT2D eigenvalue weighted by molar-refractivity contribution is 7.14. The zero-order valence-corrected chi connectivity index (χ0v) is 15.7. The average molecular weight is 382 g/mol. The molecule has 0 radical (unpaired) electrons. The molecule has 2 amide bonds. The van der Waals surface area contributed by atoms with E-state index < -0.39 is 12.5 Å². The number of amides is 2. The van der Waals surface area contributed by atoms with E-state index in [1.807, 2.05) is 30.0 Å². The highest BCUT2D eigenvalue weighted by Gasteiger charge is 2.38. The number of halogens is 2. The second-order valence-electron chi connectivity index (χ2n) is 6.91. The van der Waals surface area contributed by atoms with Gasteiger partial charge in [-0.1, -0.05) is 12.2 Å². The Hall–Kier alpha value is -1.76. The lowest BCUT2D eigenvalue weighted by Gasteiger charge is -2.32. The number of likely N-dealkylation sites (tertiary alicyclic amines) is 2. The molecule has 0 N–H and O–H groups in total. The maximum atomic E-state index is 13.6. The normalized spacial score (nSPS) is 23.0. The van der Waals surface area contributed by atoms with Crippen LogP contribution in [0.1, 0.15) is 59.6 Å². The van der Waals surface area contributed by atoms with E-state index in [-0.39, 0.29) is 24.3 Å². The molecule has 0 aliphatic carbocycles. The highest BCUT2D eigenvalue weighted by Crippen LogP contribution is 2.37. The fourth-order valence-electron chi connectivity index (χ4n) is 3.64. The van der Waals surface area contributed by atoms with Gasteiger partial charge >= 0.3 is 0 Å². The first-order chi connectivity index (χ1) is 12.4. The summed E-state index contributed by atoms with van der Waals surface area (Å²) in [5.74, 6) is -3.04. The summed E-state index contributed by atoms with van der Waals surface area (Å²) in [5.41, 5.74) is 0. The van der Waals surface area contributed by atoms with Crippen LogP contribution in [-0.2, 0) is 4.79 Å². The number of carbonyl (C=O) groups is 2. The van der Waals surface area contributed by atoms with E-state index >= 15 is 0 Å². The van der Waals surface area contributed by atoms with Gasteiger partial charge in [0.1, 0.15) is 0 Å². The van der Waals surface area contributed by atoms with E-state index in [0.717, 1.165) is 24.3 Å². The lowest BCUT2D eigenvalue weighted by molar-refractivity contribution is -0.131. The van der Waals surface area contributed by atoms with Crippen molar-refractivity contribution in [2.75, 3.05) is 19.6 Å². The summed E-state index contributed by atoms with van der Waals surface area (Å²) in [6, 6.07) is 3.57. The van der Waals surface area contributed by atoms with Gasteiger partial charge in [0.15, 0.2) is 0 Å². The molecule has 0 bridgehead atoms. The van der Waals surface area contributed by atoms with Gasteiger partial charge in [0.05, 0.1) is 17.5 Å². The number of rotatable bonds is 4. The predicted octanol–water partition coefficient (Wildman–Crippen LogP) is 4.25. The van der Waals surface area contributed by atoms with Crippen molar-refractivity contribution >= 4 is 23.2 Å². The topological polar surface area (TPSA) is 40.6 Å². The Labute approximate surface area is 156 Å². The second kappa shape index (κ2) is 7.86. The number of thiophene rings is 1. The third-order valence-electron chi connectivity index (χ3n) is 4.95. The summed E-state index contributed by atoms with van der Waals surface area (Å²) in [6.07, 6.45) is 6.07. The maximum Gasteiger partial charge on any atom is 0.265 e. The van der Waals surface area contributed by atoms with Crippen LogP contribution in [0.2, 0.25) is 0 Å². The quantitative estimate of drug-likeness (QED) is 0.731. The molecule has 2 aliphatic heterocycles. The van der Waals surface area contributed by atoms with Gasteiger partial charge in [-0.15, -0.1) is 11.3 Å². The molecule has 4 nitrogen and oxygen atoms in total. The third kappa shape index (κ3) is 4.14. The average Bonchev–Trinajstić information content (AvgIpc) is 3.26. The zero-order valence-electron chi connectivity index (χ0n) is 14.9. The summed E-state index contributed by atoms with van der Waals surface area (Å²) >= 11 is 1.33. The van der Waals surface area contributed by atoms with Gasteiger partial charge in [0, 0.05) is 30.8 Å². The second-order valence-corrected chi connectivity index (χ2v) is 8.02. The Bertz CT molecular complexity index is 701. The molecule has 0 saturated carbocycles. The van der Waals surface area contributed by atoms with E-state index in [1.54, 1.807) is 6.07 Å². The van der Waals surface area contributed by atoms with Crippen LogP contribution in [0.15, 0.2) is 24.3 Å². The predicted molar refractivity (Wildman–Crippen MR) is 97.5 cm³/mol. The van der Waals surface area contributed by atoms with Gasteiger partial charge in [-0.3, -0.25) is 9.59 Å². The van der Waals surface area contributed by atoms with Gasteiger partial charge in [-0.25, -0.2) is 8.78 Å². The monoisotopic (exact) mass is 382 g/mol. The first-order valence-electron chi connectivity index (χ1n) is 9.09. The molecule has 0 aromatic carbocycles. The Balaban J connectivity index is 1.70. The van der Waals surface area contributed by atoms with Crippen molar-refractivity contribution in [3.63, 3.8) is 0 Å². The van der Waals surface area contributed by atoms with Crippen molar-refractivity contribution in [1.29, 1.82) is 0 Å². The molecule has 3 rings (SSSR count). The lowest BCUT2D eigenvalue weighted by Crippen LogP contribution is -2.45. The molecule has 3 heterocycles. The summed E-state index contributed by atoms with van der Waals surface area (Å²) in [5, 5.41) is 0. The molecule has 1 aromatic rings. The SMILES string of the molecule is C/C=C/CC(=O)N1CCCC1c1ccc(C(=O)N2CCCC(F)(F)C2)s1. The minimum atomic E-state index is -2.80. The molecule has 1 atom stereocenters. The molecule has 0 spiro atoms. The fourth-order valence-corrected chi connectivity index (χ4v) is 4.76. The summed E-state index contributed by atoms with van der Waals surface area (Å²) in [6.45, 7) is 2.48. The van der Waals surface area contributed by atoms with Crippen LogP contribution in [0.25, 0.3) is 0 Å². The largest absolute Gasteiger partial charge is 0.335 e. The Morgan fingerprint density at radius 3 is 2.85 bits per heavy atom. The first-order valence-corrected chi connectivity index (χ1v) is 9.90. The number of piperidine rings is 1. The van der Waals surface area contributed by atoms with Crippen LogP contribution >= 0.6 is 11.3 Å². The van der Waals surface area contributed by atoms with Gasteiger partial charge in [-0.05, 0) is 38.3 Å². The molecule has 2 saturated heterocycles. The van der Waals surface area contributed by atoms with Crippen LogP contribution in [0.3, 0.4) is 0 Å².